The van der Waals surface area contributed by atoms with Gasteiger partial charge >= 0.3 is 5.97 Å². The lowest BCUT2D eigenvalue weighted by atomic mass is 10.1. The standard InChI is InChI=1S/C12H23N5O4/c13-12(14)15-4-2-1-3-8(11(20)21)17-10(19)9-5-7(18)6-16-9/h7-9,16,18H,1-6H2,(H,17,19)(H,20,21)(H4,13,14,15)/t7-,8+,9+/m1/s1. The molecule has 8 N–H and O–H groups in total. The molecule has 1 fully saturated rings. The number of β-amino-alcohol motifs (C(OH)–C–C–N with tert-alkyl or cyclic N) is 1. The molecule has 0 aromatic carbocycles. The van der Waals surface area contributed by atoms with Crippen LogP contribution in [-0.2, 0) is 9.59 Å². The number of carboxylic acids is 1. The van der Waals surface area contributed by atoms with Gasteiger partial charge < -0.3 is 32.3 Å². The van der Waals surface area contributed by atoms with Crippen molar-refractivity contribution < 1.29 is 19.8 Å². The summed E-state index contributed by atoms with van der Waals surface area (Å²) < 4.78 is 0. The zero-order valence-electron chi connectivity index (χ0n) is 11.8. The van der Waals surface area contributed by atoms with E-state index in [0.29, 0.717) is 38.8 Å². The molecule has 1 rings (SSSR count). The van der Waals surface area contributed by atoms with Gasteiger partial charge in [0.1, 0.15) is 6.04 Å². The molecule has 1 saturated heterocycles. The van der Waals surface area contributed by atoms with Gasteiger partial charge in [-0.3, -0.25) is 9.79 Å². The van der Waals surface area contributed by atoms with E-state index in [1.165, 1.54) is 0 Å². The van der Waals surface area contributed by atoms with Crippen molar-refractivity contribution in [2.75, 3.05) is 13.1 Å². The molecule has 120 valence electrons. The van der Waals surface area contributed by atoms with Gasteiger partial charge in [0.2, 0.25) is 5.91 Å². The molecule has 9 heteroatoms. The number of unbranched alkanes of at least 4 members (excludes halogenated alkanes) is 1. The van der Waals surface area contributed by atoms with Crippen molar-refractivity contribution in [3.8, 4) is 0 Å². The molecule has 21 heavy (non-hydrogen) atoms. The Morgan fingerprint density at radius 2 is 2.10 bits per heavy atom. The van der Waals surface area contributed by atoms with Gasteiger partial charge in [-0.05, 0) is 25.7 Å². The number of aliphatic carboxylic acids is 1. The highest BCUT2D eigenvalue weighted by atomic mass is 16.4. The summed E-state index contributed by atoms with van der Waals surface area (Å²) in [4.78, 5) is 26.8. The Hall–Kier alpha value is -1.87. The summed E-state index contributed by atoms with van der Waals surface area (Å²) in [6, 6.07) is -1.49. The highest BCUT2D eigenvalue weighted by Gasteiger charge is 2.30. The summed E-state index contributed by atoms with van der Waals surface area (Å²) in [6.07, 6.45) is 1.25. The predicted octanol–water partition coefficient (Wildman–Crippen LogP) is -2.28. The largest absolute Gasteiger partial charge is 0.480 e. The second-order valence-electron chi connectivity index (χ2n) is 5.05. The lowest BCUT2D eigenvalue weighted by molar-refractivity contribution is -0.142. The molecule has 9 nitrogen and oxygen atoms in total. The van der Waals surface area contributed by atoms with Crippen molar-refractivity contribution in [2.24, 2.45) is 16.5 Å². The third-order valence-corrected chi connectivity index (χ3v) is 3.23. The monoisotopic (exact) mass is 301 g/mol. The van der Waals surface area contributed by atoms with Crippen LogP contribution in [-0.4, -0.2) is 59.3 Å². The van der Waals surface area contributed by atoms with Crippen LogP contribution in [0, 0.1) is 0 Å². The third-order valence-electron chi connectivity index (χ3n) is 3.23. The number of guanidine groups is 1. The van der Waals surface area contributed by atoms with E-state index in [1.807, 2.05) is 0 Å². The zero-order chi connectivity index (χ0) is 15.8. The van der Waals surface area contributed by atoms with Gasteiger partial charge in [0.05, 0.1) is 12.1 Å². The fraction of sp³-hybridized carbons (Fsp3) is 0.750. The van der Waals surface area contributed by atoms with E-state index in [4.69, 9.17) is 16.6 Å². The number of rotatable bonds is 8. The van der Waals surface area contributed by atoms with Crippen molar-refractivity contribution >= 4 is 17.8 Å². The summed E-state index contributed by atoms with van der Waals surface area (Å²) in [5, 5.41) is 23.8. The highest BCUT2D eigenvalue weighted by Crippen LogP contribution is 2.08. The number of nitrogens with one attached hydrogen (secondary N) is 2. The van der Waals surface area contributed by atoms with Gasteiger partial charge in [-0.25, -0.2) is 4.79 Å². The number of hydrogen-bond donors (Lipinski definition) is 6. The molecule has 0 radical (unpaired) electrons. The number of carboxylic acid groups (broad SMARTS) is 1. The summed E-state index contributed by atoms with van der Waals surface area (Å²) in [7, 11) is 0. The number of hydrogen-bond acceptors (Lipinski definition) is 5. The van der Waals surface area contributed by atoms with E-state index in [1.54, 1.807) is 0 Å². The molecule has 1 aliphatic heterocycles. The number of aliphatic hydroxyl groups excluding tert-OH is 1. The second-order valence-corrected chi connectivity index (χ2v) is 5.05. The Morgan fingerprint density at radius 1 is 1.38 bits per heavy atom. The van der Waals surface area contributed by atoms with Crippen molar-refractivity contribution in [2.45, 2.75) is 43.9 Å². The van der Waals surface area contributed by atoms with Crippen LogP contribution in [0.3, 0.4) is 0 Å². The topological polar surface area (TPSA) is 163 Å². The Balaban J connectivity index is 2.34. The SMILES string of the molecule is NC(N)=NCCCC[C@H](NC(=O)[C@@H]1C[C@@H](O)CN1)C(=O)O. The van der Waals surface area contributed by atoms with E-state index in [9.17, 15) is 14.7 Å². The lowest BCUT2D eigenvalue weighted by Crippen LogP contribution is -2.48. The number of nitrogens with two attached hydrogens (primary N) is 2. The van der Waals surface area contributed by atoms with Crippen molar-refractivity contribution in [3.05, 3.63) is 0 Å². The van der Waals surface area contributed by atoms with Gasteiger partial charge in [0, 0.05) is 13.1 Å². The maximum absolute atomic E-state index is 11.9. The molecule has 3 atom stereocenters. The van der Waals surface area contributed by atoms with Crippen LogP contribution in [0.15, 0.2) is 4.99 Å². The molecule has 0 bridgehead atoms. The van der Waals surface area contributed by atoms with Gasteiger partial charge in [-0.1, -0.05) is 0 Å². The summed E-state index contributed by atoms with van der Waals surface area (Å²) in [5.41, 5.74) is 10.4. The van der Waals surface area contributed by atoms with E-state index in [2.05, 4.69) is 15.6 Å². The number of aliphatic hydroxyl groups is 1. The maximum atomic E-state index is 11.9. The third kappa shape index (κ3) is 6.41. The minimum absolute atomic E-state index is 0.00366. The van der Waals surface area contributed by atoms with Gasteiger partial charge in [-0.15, -0.1) is 0 Å². The fourth-order valence-electron chi connectivity index (χ4n) is 2.11. The van der Waals surface area contributed by atoms with Gasteiger partial charge in [0.15, 0.2) is 5.96 Å². The van der Waals surface area contributed by atoms with Gasteiger partial charge in [-0.2, -0.15) is 0 Å². The smallest absolute Gasteiger partial charge is 0.326 e. The molecule has 1 heterocycles. The first-order chi connectivity index (χ1) is 9.90. The first kappa shape index (κ1) is 17.2. The van der Waals surface area contributed by atoms with Crippen LogP contribution < -0.4 is 22.1 Å². The Labute approximate surface area is 122 Å². The summed E-state index contributed by atoms with van der Waals surface area (Å²) in [6.45, 7) is 0.771. The van der Waals surface area contributed by atoms with Crippen LogP contribution in [0.4, 0.5) is 0 Å². The van der Waals surface area contributed by atoms with E-state index < -0.39 is 30.1 Å². The first-order valence-electron chi connectivity index (χ1n) is 6.90. The molecule has 0 unspecified atom stereocenters. The second kappa shape index (κ2) is 8.42. The Kier molecular flexibility index (Phi) is 6.89. The van der Waals surface area contributed by atoms with E-state index in [-0.39, 0.29) is 5.96 Å². The van der Waals surface area contributed by atoms with Crippen LogP contribution in [0.1, 0.15) is 25.7 Å². The molecule has 0 saturated carbocycles. The normalized spacial score (nSPS) is 22.5. The molecule has 0 spiro atoms. The fourth-order valence-corrected chi connectivity index (χ4v) is 2.11. The molecular weight excluding hydrogens is 278 g/mol. The van der Waals surface area contributed by atoms with Crippen molar-refractivity contribution in [3.63, 3.8) is 0 Å². The average molecular weight is 301 g/mol. The average Bonchev–Trinajstić information content (AvgIpc) is 2.83. The van der Waals surface area contributed by atoms with Crippen LogP contribution in [0.25, 0.3) is 0 Å². The molecule has 0 aromatic rings. The lowest BCUT2D eigenvalue weighted by Gasteiger charge is -2.17. The molecule has 1 aliphatic rings. The first-order valence-corrected chi connectivity index (χ1v) is 6.90. The maximum Gasteiger partial charge on any atom is 0.326 e. The van der Waals surface area contributed by atoms with Crippen molar-refractivity contribution in [1.82, 2.24) is 10.6 Å². The van der Waals surface area contributed by atoms with Crippen molar-refractivity contribution in [1.29, 1.82) is 0 Å². The summed E-state index contributed by atoms with van der Waals surface area (Å²) in [5.74, 6) is -1.48. The van der Waals surface area contributed by atoms with Gasteiger partial charge in [0.25, 0.3) is 0 Å². The number of carbonyl (C=O) groups excluding carboxylic acids is 1. The number of carbonyl (C=O) groups is 2. The molecule has 0 aromatic heterocycles. The number of nitrogens with zero attached hydrogens (tertiary/aromatic N) is 1. The minimum atomic E-state index is -1.08. The minimum Gasteiger partial charge on any atom is -0.480 e. The van der Waals surface area contributed by atoms with E-state index in [0.717, 1.165) is 0 Å². The molecule has 0 aliphatic carbocycles. The quantitative estimate of drug-likeness (QED) is 0.167. The van der Waals surface area contributed by atoms with Crippen LogP contribution in [0.2, 0.25) is 0 Å². The number of aliphatic imine (C=N–C) groups is 1. The highest BCUT2D eigenvalue weighted by molar-refractivity contribution is 5.87. The zero-order valence-corrected chi connectivity index (χ0v) is 11.8. The Bertz CT molecular complexity index is 397. The van der Waals surface area contributed by atoms with Crippen LogP contribution >= 0.6 is 0 Å². The molecular formula is C12H23N5O4. The Morgan fingerprint density at radius 3 is 2.62 bits per heavy atom. The predicted molar refractivity (Wildman–Crippen MR) is 76.5 cm³/mol. The number of amides is 1. The summed E-state index contributed by atoms with van der Waals surface area (Å²) >= 11 is 0. The molecule has 1 amide bonds. The van der Waals surface area contributed by atoms with Crippen LogP contribution in [0.5, 0.6) is 0 Å². The van der Waals surface area contributed by atoms with E-state index >= 15 is 0 Å².